The Morgan fingerprint density at radius 3 is 1.23 bits per heavy atom. The molecule has 0 radical (unpaired) electrons. The molecule has 0 aromatic carbocycles. The van der Waals surface area contributed by atoms with Crippen molar-refractivity contribution in [1.29, 1.82) is 0 Å². The summed E-state index contributed by atoms with van der Waals surface area (Å²) in [5.41, 5.74) is 0. The van der Waals surface area contributed by atoms with Crippen LogP contribution in [0.2, 0.25) is 0 Å². The van der Waals surface area contributed by atoms with Gasteiger partial charge in [-0.15, -0.1) is 0 Å². The summed E-state index contributed by atoms with van der Waals surface area (Å²) < 4.78 is 11.1. The molecule has 1 rings (SSSR count). The lowest BCUT2D eigenvalue weighted by atomic mass is 9.98. The molecule has 0 spiro atoms. The SMILES string of the molecule is CCCCCCCCCCCCCCCCC/C=C/CCCC(O)C(O)C(COC1OC(CO)C(O)C(O)C1O)NC(=O)C(O)CCCCCCCCCCCCCCCCCCCCCCCCC. The number of allylic oxidation sites excluding steroid dienone is 2. The van der Waals surface area contributed by atoms with Gasteiger partial charge in [0.25, 0.3) is 0 Å². The van der Waals surface area contributed by atoms with Crippen LogP contribution in [0.15, 0.2) is 12.2 Å². The lowest BCUT2D eigenvalue weighted by Crippen LogP contribution is -2.60. The van der Waals surface area contributed by atoms with Crippen molar-refractivity contribution >= 4 is 5.91 Å². The van der Waals surface area contributed by atoms with Gasteiger partial charge in [0.15, 0.2) is 6.29 Å². The molecular weight excluding hydrogens is 883 g/mol. The quantitative estimate of drug-likeness (QED) is 0.0215. The number of hydrogen-bond donors (Lipinski definition) is 8. The maximum atomic E-state index is 13.2. The van der Waals surface area contributed by atoms with Crippen LogP contribution in [0.5, 0.6) is 0 Å². The number of aliphatic hydroxyl groups is 7. The fraction of sp³-hybridized carbons (Fsp3) is 0.949. The van der Waals surface area contributed by atoms with E-state index in [0.717, 1.165) is 38.5 Å². The summed E-state index contributed by atoms with van der Waals surface area (Å²) in [5.74, 6) is -0.700. The summed E-state index contributed by atoms with van der Waals surface area (Å²) >= 11 is 0. The van der Waals surface area contributed by atoms with Crippen LogP contribution >= 0.6 is 0 Å². The minimum absolute atomic E-state index is 0.260. The number of amides is 1. The van der Waals surface area contributed by atoms with Crippen LogP contribution in [0, 0.1) is 0 Å². The highest BCUT2D eigenvalue weighted by Crippen LogP contribution is 2.23. The second kappa shape index (κ2) is 48.8. The monoisotopic (exact) mass is 998 g/mol. The molecule has 11 nitrogen and oxygen atoms in total. The zero-order chi connectivity index (χ0) is 51.1. The Labute approximate surface area is 430 Å². The van der Waals surface area contributed by atoms with Crippen LogP contribution in [0.4, 0.5) is 0 Å². The Kier molecular flexibility index (Phi) is 46.6. The van der Waals surface area contributed by atoms with Gasteiger partial charge in [-0.3, -0.25) is 4.79 Å². The van der Waals surface area contributed by atoms with Gasteiger partial charge < -0.3 is 50.5 Å². The number of ether oxygens (including phenoxy) is 2. The number of nitrogens with one attached hydrogen (secondary N) is 1. The molecule has 1 fully saturated rings. The molecule has 416 valence electrons. The first-order valence-electron chi connectivity index (χ1n) is 30.1. The standard InChI is InChI=1S/C59H115NO10/c1-3-5-7-9-11-13-15-17-19-21-23-25-26-27-29-31-33-35-37-39-41-43-45-47-52(63)58(68)60-50(49-69-59-57(67)56(66)55(65)53(48-61)70-59)54(64)51(62)46-44-42-40-38-36-34-32-30-28-24-22-20-18-16-14-12-10-8-6-4-2/h38,40,50-57,59,61-67H,3-37,39,41-49H2,1-2H3,(H,60,68)/b40-38+. The van der Waals surface area contributed by atoms with Crippen LogP contribution in [-0.2, 0) is 14.3 Å². The Morgan fingerprint density at radius 2 is 0.843 bits per heavy atom. The van der Waals surface area contributed by atoms with Gasteiger partial charge >= 0.3 is 0 Å². The molecule has 1 aliphatic heterocycles. The number of rotatable bonds is 52. The van der Waals surface area contributed by atoms with Crippen molar-refractivity contribution < 1.29 is 50.0 Å². The Bertz CT molecular complexity index is 1140. The van der Waals surface area contributed by atoms with Gasteiger partial charge in [0.2, 0.25) is 5.91 Å². The van der Waals surface area contributed by atoms with E-state index >= 15 is 0 Å². The van der Waals surface area contributed by atoms with Crippen molar-refractivity contribution in [3.63, 3.8) is 0 Å². The van der Waals surface area contributed by atoms with Crippen molar-refractivity contribution in [2.45, 2.75) is 345 Å². The predicted octanol–water partition coefficient (Wildman–Crippen LogP) is 12.7. The second-order valence-electron chi connectivity index (χ2n) is 21.4. The first-order chi connectivity index (χ1) is 34.2. The van der Waals surface area contributed by atoms with Crippen molar-refractivity contribution in [2.75, 3.05) is 13.2 Å². The molecule has 1 saturated heterocycles. The number of unbranched alkanes of at least 4 members (excludes halogenated alkanes) is 38. The first-order valence-corrected chi connectivity index (χ1v) is 30.1. The van der Waals surface area contributed by atoms with Crippen molar-refractivity contribution in [2.24, 2.45) is 0 Å². The van der Waals surface area contributed by atoms with Crippen LogP contribution in [0.25, 0.3) is 0 Å². The smallest absolute Gasteiger partial charge is 0.249 e. The van der Waals surface area contributed by atoms with Crippen molar-refractivity contribution in [3.05, 3.63) is 12.2 Å². The highest BCUT2D eigenvalue weighted by Gasteiger charge is 2.44. The summed E-state index contributed by atoms with van der Waals surface area (Å²) in [6, 6.07) is -1.18. The number of hydrogen-bond acceptors (Lipinski definition) is 10. The van der Waals surface area contributed by atoms with Crippen LogP contribution < -0.4 is 5.32 Å². The predicted molar refractivity (Wildman–Crippen MR) is 289 cm³/mol. The third-order valence-corrected chi connectivity index (χ3v) is 14.8. The molecule has 0 bridgehead atoms. The van der Waals surface area contributed by atoms with E-state index in [0.29, 0.717) is 12.8 Å². The Balaban J connectivity index is 2.30. The third kappa shape index (κ3) is 36.7. The fourth-order valence-corrected chi connectivity index (χ4v) is 9.92. The van der Waals surface area contributed by atoms with E-state index in [9.17, 15) is 40.5 Å². The Hall–Kier alpha value is -1.15. The lowest BCUT2D eigenvalue weighted by Gasteiger charge is -2.40. The highest BCUT2D eigenvalue weighted by molar-refractivity contribution is 5.80. The van der Waals surface area contributed by atoms with Crippen LogP contribution in [0.1, 0.15) is 290 Å². The van der Waals surface area contributed by atoms with E-state index in [1.54, 1.807) is 0 Å². The zero-order valence-corrected chi connectivity index (χ0v) is 45.5. The normalized spacial score (nSPS) is 20.3. The average molecular weight is 999 g/mol. The van der Waals surface area contributed by atoms with E-state index in [-0.39, 0.29) is 12.8 Å². The first kappa shape index (κ1) is 66.9. The van der Waals surface area contributed by atoms with Crippen LogP contribution in [-0.4, -0.2) is 110 Å². The maximum absolute atomic E-state index is 13.2. The minimum Gasteiger partial charge on any atom is -0.394 e. The highest BCUT2D eigenvalue weighted by atomic mass is 16.7. The summed E-state index contributed by atoms with van der Waals surface area (Å²) in [6.45, 7) is 3.48. The molecule has 11 heteroatoms. The van der Waals surface area contributed by atoms with Gasteiger partial charge in [-0.1, -0.05) is 264 Å². The van der Waals surface area contributed by atoms with E-state index in [1.807, 2.05) is 0 Å². The van der Waals surface area contributed by atoms with Crippen molar-refractivity contribution in [3.8, 4) is 0 Å². The van der Waals surface area contributed by atoms with Gasteiger partial charge in [-0.05, 0) is 38.5 Å². The molecule has 0 saturated carbocycles. The maximum Gasteiger partial charge on any atom is 0.249 e. The summed E-state index contributed by atoms with van der Waals surface area (Å²) in [6.07, 6.45) is 45.6. The summed E-state index contributed by atoms with van der Waals surface area (Å²) in [4.78, 5) is 13.2. The minimum atomic E-state index is -1.67. The second-order valence-corrected chi connectivity index (χ2v) is 21.4. The van der Waals surface area contributed by atoms with Gasteiger partial charge in [0, 0.05) is 0 Å². The molecule has 1 aliphatic rings. The molecule has 70 heavy (non-hydrogen) atoms. The van der Waals surface area contributed by atoms with Crippen LogP contribution in [0.3, 0.4) is 0 Å². The van der Waals surface area contributed by atoms with Gasteiger partial charge in [0.05, 0.1) is 25.4 Å². The molecule has 0 aromatic rings. The molecule has 0 aromatic heterocycles. The molecular formula is C59H115NO10. The van der Waals surface area contributed by atoms with Gasteiger partial charge in [-0.2, -0.15) is 0 Å². The Morgan fingerprint density at radius 1 is 0.486 bits per heavy atom. The fourth-order valence-electron chi connectivity index (χ4n) is 9.92. The number of carbonyl (C=O) groups excluding carboxylic acids is 1. The van der Waals surface area contributed by atoms with E-state index in [1.165, 1.54) is 212 Å². The summed E-state index contributed by atoms with van der Waals surface area (Å²) in [5, 5.41) is 76.2. The lowest BCUT2D eigenvalue weighted by molar-refractivity contribution is -0.303. The van der Waals surface area contributed by atoms with Gasteiger partial charge in [-0.25, -0.2) is 0 Å². The molecule has 9 atom stereocenters. The largest absolute Gasteiger partial charge is 0.394 e. The van der Waals surface area contributed by atoms with E-state index in [4.69, 9.17) is 9.47 Å². The van der Waals surface area contributed by atoms with E-state index in [2.05, 4.69) is 31.3 Å². The zero-order valence-electron chi connectivity index (χ0n) is 45.5. The number of aliphatic hydroxyl groups excluding tert-OH is 7. The third-order valence-electron chi connectivity index (χ3n) is 14.8. The topological polar surface area (TPSA) is 189 Å². The molecule has 8 N–H and O–H groups in total. The molecule has 9 unspecified atom stereocenters. The number of carbonyl (C=O) groups is 1. The molecule has 1 heterocycles. The van der Waals surface area contributed by atoms with Gasteiger partial charge in [0.1, 0.15) is 36.6 Å². The van der Waals surface area contributed by atoms with Crippen molar-refractivity contribution in [1.82, 2.24) is 5.32 Å². The van der Waals surface area contributed by atoms with E-state index < -0.39 is 74.2 Å². The molecule has 0 aliphatic carbocycles. The summed E-state index contributed by atoms with van der Waals surface area (Å²) in [7, 11) is 0. The average Bonchev–Trinajstić information content (AvgIpc) is 3.36. The molecule has 1 amide bonds.